The molecular weight excluding hydrogens is 192 g/mol. The van der Waals surface area contributed by atoms with Crippen molar-refractivity contribution in [2.45, 2.75) is 32.5 Å². The molecule has 3 nitrogen and oxygen atoms in total. The van der Waals surface area contributed by atoms with E-state index in [1.54, 1.807) is 6.07 Å². The van der Waals surface area contributed by atoms with Crippen LogP contribution in [0.2, 0.25) is 0 Å². The summed E-state index contributed by atoms with van der Waals surface area (Å²) in [5.74, 6) is 0.938. The molecule has 0 radical (unpaired) electrons. The third-order valence-corrected chi connectivity index (χ3v) is 2.59. The van der Waals surface area contributed by atoms with Crippen LogP contribution < -0.4 is 4.74 Å². The van der Waals surface area contributed by atoms with Crippen molar-refractivity contribution in [3.8, 4) is 11.5 Å². The van der Waals surface area contributed by atoms with Crippen molar-refractivity contribution in [3.05, 3.63) is 23.8 Å². The number of hydrogen-bond acceptors (Lipinski definition) is 3. The number of aryl methyl sites for hydroxylation is 1. The van der Waals surface area contributed by atoms with Gasteiger partial charge in [0.15, 0.2) is 6.29 Å². The third kappa shape index (κ3) is 2.63. The molecule has 2 rings (SSSR count). The van der Waals surface area contributed by atoms with Gasteiger partial charge in [-0.3, -0.25) is 0 Å². The summed E-state index contributed by atoms with van der Waals surface area (Å²) in [6.45, 7) is 2.62. The summed E-state index contributed by atoms with van der Waals surface area (Å²) >= 11 is 0. The summed E-state index contributed by atoms with van der Waals surface area (Å²) < 4.78 is 11.1. The Morgan fingerprint density at radius 1 is 1.40 bits per heavy atom. The molecule has 0 bridgehead atoms. The van der Waals surface area contributed by atoms with Gasteiger partial charge in [0, 0.05) is 12.5 Å². The van der Waals surface area contributed by atoms with Crippen molar-refractivity contribution >= 4 is 0 Å². The zero-order valence-corrected chi connectivity index (χ0v) is 8.90. The summed E-state index contributed by atoms with van der Waals surface area (Å²) in [7, 11) is 0. The van der Waals surface area contributed by atoms with Gasteiger partial charge >= 0.3 is 0 Å². The van der Waals surface area contributed by atoms with Gasteiger partial charge in [-0.25, -0.2) is 0 Å². The first-order chi connectivity index (χ1) is 7.25. The van der Waals surface area contributed by atoms with Gasteiger partial charge in [0.25, 0.3) is 0 Å². The highest BCUT2D eigenvalue weighted by Crippen LogP contribution is 2.25. The first kappa shape index (κ1) is 10.3. The highest BCUT2D eigenvalue weighted by molar-refractivity contribution is 5.38. The normalized spacial score (nSPS) is 21.3. The number of ether oxygens (including phenoxy) is 2. The van der Waals surface area contributed by atoms with Crippen molar-refractivity contribution in [2.24, 2.45) is 0 Å². The number of phenols is 1. The average molecular weight is 208 g/mol. The van der Waals surface area contributed by atoms with E-state index in [-0.39, 0.29) is 12.0 Å². The molecule has 1 fully saturated rings. The minimum Gasteiger partial charge on any atom is -0.508 e. The molecule has 0 aliphatic carbocycles. The second-order valence-corrected chi connectivity index (χ2v) is 3.86. The number of hydrogen-bond donors (Lipinski definition) is 1. The molecular formula is C12H16O3. The smallest absolute Gasteiger partial charge is 0.199 e. The lowest BCUT2D eigenvalue weighted by Crippen LogP contribution is -2.24. The lowest BCUT2D eigenvalue weighted by atomic mass is 10.2. The van der Waals surface area contributed by atoms with E-state index in [4.69, 9.17) is 9.47 Å². The third-order valence-electron chi connectivity index (χ3n) is 2.59. The zero-order chi connectivity index (χ0) is 10.7. The van der Waals surface area contributed by atoms with Crippen molar-refractivity contribution in [1.82, 2.24) is 0 Å². The van der Waals surface area contributed by atoms with Crippen LogP contribution >= 0.6 is 0 Å². The highest BCUT2D eigenvalue weighted by Gasteiger charge is 2.15. The molecule has 1 unspecified atom stereocenters. The van der Waals surface area contributed by atoms with Crippen LogP contribution in [0.15, 0.2) is 18.2 Å². The Morgan fingerprint density at radius 2 is 2.27 bits per heavy atom. The Labute approximate surface area is 89.6 Å². The van der Waals surface area contributed by atoms with Gasteiger partial charge in [0.1, 0.15) is 11.5 Å². The van der Waals surface area contributed by atoms with Gasteiger partial charge < -0.3 is 14.6 Å². The molecule has 1 aromatic rings. The largest absolute Gasteiger partial charge is 0.508 e. The Bertz CT molecular complexity index is 330. The Hall–Kier alpha value is -1.22. The van der Waals surface area contributed by atoms with E-state index in [0.717, 1.165) is 31.4 Å². The molecule has 1 aliphatic heterocycles. The van der Waals surface area contributed by atoms with Crippen LogP contribution in [0.5, 0.6) is 11.5 Å². The fourth-order valence-corrected chi connectivity index (χ4v) is 1.62. The summed E-state index contributed by atoms with van der Waals surface area (Å²) in [4.78, 5) is 0. The van der Waals surface area contributed by atoms with Gasteiger partial charge in [0.2, 0.25) is 0 Å². The van der Waals surface area contributed by atoms with Crippen LogP contribution in [0.3, 0.4) is 0 Å². The van der Waals surface area contributed by atoms with Crippen LogP contribution in [-0.4, -0.2) is 18.0 Å². The minimum absolute atomic E-state index is 0.152. The fourth-order valence-electron chi connectivity index (χ4n) is 1.62. The topological polar surface area (TPSA) is 38.7 Å². The van der Waals surface area contributed by atoms with E-state index < -0.39 is 0 Å². The second-order valence-electron chi connectivity index (χ2n) is 3.86. The number of benzene rings is 1. The lowest BCUT2D eigenvalue weighted by Gasteiger charge is -2.23. The molecule has 1 aromatic carbocycles. The van der Waals surface area contributed by atoms with Gasteiger partial charge in [-0.2, -0.15) is 0 Å². The van der Waals surface area contributed by atoms with Crippen molar-refractivity contribution in [3.63, 3.8) is 0 Å². The van der Waals surface area contributed by atoms with Crippen LogP contribution in [0.1, 0.15) is 24.8 Å². The summed E-state index contributed by atoms with van der Waals surface area (Å²) in [6, 6.07) is 5.33. The lowest BCUT2D eigenvalue weighted by molar-refractivity contribution is -0.105. The molecule has 1 saturated heterocycles. The van der Waals surface area contributed by atoms with Crippen LogP contribution in [0, 0.1) is 6.92 Å². The molecule has 82 valence electrons. The SMILES string of the molecule is Cc1ccc(OC2CCCCO2)cc1O. The summed E-state index contributed by atoms with van der Waals surface area (Å²) in [6.07, 6.45) is 3.02. The van der Waals surface area contributed by atoms with Gasteiger partial charge in [-0.15, -0.1) is 0 Å². The Balaban J connectivity index is 2.00. The molecule has 3 heteroatoms. The van der Waals surface area contributed by atoms with E-state index in [9.17, 15) is 5.11 Å². The van der Waals surface area contributed by atoms with Crippen LogP contribution in [0.25, 0.3) is 0 Å². The van der Waals surface area contributed by atoms with Crippen molar-refractivity contribution < 1.29 is 14.6 Å². The molecule has 1 aliphatic rings. The molecule has 0 amide bonds. The predicted molar refractivity (Wildman–Crippen MR) is 57.1 cm³/mol. The second kappa shape index (κ2) is 4.53. The summed E-state index contributed by atoms with van der Waals surface area (Å²) in [5.41, 5.74) is 0.854. The molecule has 15 heavy (non-hydrogen) atoms. The summed E-state index contributed by atoms with van der Waals surface area (Å²) in [5, 5.41) is 9.51. The van der Waals surface area contributed by atoms with E-state index >= 15 is 0 Å². The monoisotopic (exact) mass is 208 g/mol. The molecule has 1 atom stereocenters. The van der Waals surface area contributed by atoms with E-state index in [0.29, 0.717) is 5.75 Å². The molecule has 1 N–H and O–H groups in total. The fraction of sp³-hybridized carbons (Fsp3) is 0.500. The van der Waals surface area contributed by atoms with Gasteiger partial charge in [-0.05, 0) is 31.4 Å². The van der Waals surface area contributed by atoms with E-state index in [1.165, 1.54) is 0 Å². The Morgan fingerprint density at radius 3 is 2.93 bits per heavy atom. The van der Waals surface area contributed by atoms with Crippen LogP contribution in [0.4, 0.5) is 0 Å². The Kier molecular flexibility index (Phi) is 3.11. The quantitative estimate of drug-likeness (QED) is 0.811. The first-order valence-electron chi connectivity index (χ1n) is 5.33. The predicted octanol–water partition coefficient (Wildman–Crippen LogP) is 2.61. The number of rotatable bonds is 2. The maximum atomic E-state index is 9.51. The molecule has 1 heterocycles. The van der Waals surface area contributed by atoms with Crippen molar-refractivity contribution in [2.75, 3.05) is 6.61 Å². The standard InChI is InChI=1S/C12H16O3/c1-9-5-6-10(8-11(9)13)15-12-4-2-3-7-14-12/h5-6,8,12-13H,2-4,7H2,1H3. The maximum absolute atomic E-state index is 9.51. The maximum Gasteiger partial charge on any atom is 0.199 e. The van der Waals surface area contributed by atoms with E-state index in [2.05, 4.69) is 0 Å². The van der Waals surface area contributed by atoms with Gasteiger partial charge in [-0.1, -0.05) is 6.07 Å². The number of aromatic hydroxyl groups is 1. The molecule has 0 aromatic heterocycles. The minimum atomic E-state index is -0.152. The van der Waals surface area contributed by atoms with Gasteiger partial charge in [0.05, 0.1) is 6.61 Å². The van der Waals surface area contributed by atoms with E-state index in [1.807, 2.05) is 19.1 Å². The number of phenolic OH excluding ortho intramolecular Hbond substituents is 1. The first-order valence-corrected chi connectivity index (χ1v) is 5.33. The van der Waals surface area contributed by atoms with Crippen molar-refractivity contribution in [1.29, 1.82) is 0 Å². The zero-order valence-electron chi connectivity index (χ0n) is 8.90. The van der Waals surface area contributed by atoms with Crippen LogP contribution in [-0.2, 0) is 4.74 Å². The molecule has 0 saturated carbocycles. The average Bonchev–Trinajstić information content (AvgIpc) is 2.25. The highest BCUT2D eigenvalue weighted by atomic mass is 16.7. The molecule has 0 spiro atoms.